The van der Waals surface area contributed by atoms with Gasteiger partial charge in [-0.25, -0.2) is 9.18 Å². The van der Waals surface area contributed by atoms with Crippen molar-refractivity contribution in [2.75, 3.05) is 5.73 Å². The third-order valence-electron chi connectivity index (χ3n) is 2.67. The van der Waals surface area contributed by atoms with Crippen molar-refractivity contribution in [3.8, 4) is 5.75 Å². The van der Waals surface area contributed by atoms with Crippen molar-refractivity contribution >= 4 is 27.6 Å². The smallest absolute Gasteiger partial charge is 0.338 e. The van der Waals surface area contributed by atoms with Crippen molar-refractivity contribution in [2.24, 2.45) is 0 Å². The predicted molar refractivity (Wildman–Crippen MR) is 76.2 cm³/mol. The van der Waals surface area contributed by atoms with E-state index in [1.54, 1.807) is 12.1 Å². The highest BCUT2D eigenvalue weighted by atomic mass is 79.9. The van der Waals surface area contributed by atoms with Crippen molar-refractivity contribution in [3.63, 3.8) is 0 Å². The Balaban J connectivity index is 2.23. The van der Waals surface area contributed by atoms with Gasteiger partial charge in [0.05, 0.1) is 10.0 Å². The average molecular weight is 340 g/mol. The van der Waals surface area contributed by atoms with Crippen LogP contribution in [0.15, 0.2) is 40.9 Å². The third-order valence-corrected chi connectivity index (χ3v) is 3.29. The van der Waals surface area contributed by atoms with Crippen LogP contribution in [0.2, 0.25) is 0 Å². The van der Waals surface area contributed by atoms with Crippen molar-refractivity contribution in [1.29, 1.82) is 0 Å². The van der Waals surface area contributed by atoms with Gasteiger partial charge in [-0.1, -0.05) is 12.1 Å². The number of carboxylic acid groups (broad SMARTS) is 1. The van der Waals surface area contributed by atoms with Crippen LogP contribution in [0.25, 0.3) is 0 Å². The SMILES string of the molecule is Nc1cccc(COc2ccc(F)cc2Br)c1C(=O)O. The molecule has 3 N–H and O–H groups in total. The van der Waals surface area contributed by atoms with Gasteiger partial charge in [-0.2, -0.15) is 0 Å². The van der Waals surface area contributed by atoms with E-state index in [1.807, 2.05) is 0 Å². The fourth-order valence-electron chi connectivity index (χ4n) is 1.75. The molecule has 2 aromatic rings. The van der Waals surface area contributed by atoms with E-state index in [0.717, 1.165) is 0 Å². The van der Waals surface area contributed by atoms with Crippen molar-refractivity contribution in [3.05, 3.63) is 57.8 Å². The summed E-state index contributed by atoms with van der Waals surface area (Å²) in [5.74, 6) is -1.08. The molecule has 2 rings (SSSR count). The van der Waals surface area contributed by atoms with Gasteiger partial charge in [0.2, 0.25) is 0 Å². The molecule has 0 spiro atoms. The molecule has 0 aromatic heterocycles. The minimum atomic E-state index is -1.11. The first kappa shape index (κ1) is 14.3. The predicted octanol–water partition coefficient (Wildman–Crippen LogP) is 3.45. The molecule has 0 aliphatic heterocycles. The lowest BCUT2D eigenvalue weighted by atomic mass is 10.1. The summed E-state index contributed by atoms with van der Waals surface area (Å²) in [6.07, 6.45) is 0. The second kappa shape index (κ2) is 5.92. The molecule has 0 amide bonds. The average Bonchev–Trinajstić information content (AvgIpc) is 2.37. The molecule has 104 valence electrons. The zero-order valence-corrected chi connectivity index (χ0v) is 11.9. The number of aromatic carboxylic acids is 1. The lowest BCUT2D eigenvalue weighted by Crippen LogP contribution is -2.09. The summed E-state index contributed by atoms with van der Waals surface area (Å²) in [4.78, 5) is 11.2. The van der Waals surface area contributed by atoms with Crippen LogP contribution in [0.5, 0.6) is 5.75 Å². The number of ether oxygens (including phenoxy) is 1. The number of hydrogen-bond acceptors (Lipinski definition) is 3. The van der Waals surface area contributed by atoms with E-state index in [2.05, 4.69) is 15.9 Å². The molecule has 2 aromatic carbocycles. The number of carboxylic acids is 1. The molecule has 0 bridgehead atoms. The fourth-order valence-corrected chi connectivity index (χ4v) is 2.21. The van der Waals surface area contributed by atoms with Gasteiger partial charge >= 0.3 is 5.97 Å². The van der Waals surface area contributed by atoms with E-state index in [-0.39, 0.29) is 23.7 Å². The van der Waals surface area contributed by atoms with Gasteiger partial charge in [0.1, 0.15) is 18.2 Å². The van der Waals surface area contributed by atoms with E-state index < -0.39 is 5.97 Å². The van der Waals surface area contributed by atoms with Gasteiger partial charge in [0.25, 0.3) is 0 Å². The van der Waals surface area contributed by atoms with Gasteiger partial charge in [0.15, 0.2) is 0 Å². The van der Waals surface area contributed by atoms with E-state index in [1.165, 1.54) is 24.3 Å². The van der Waals surface area contributed by atoms with Crippen molar-refractivity contribution in [2.45, 2.75) is 6.61 Å². The molecule has 20 heavy (non-hydrogen) atoms. The number of anilines is 1. The molecule has 0 aliphatic rings. The highest BCUT2D eigenvalue weighted by Crippen LogP contribution is 2.27. The number of benzene rings is 2. The third kappa shape index (κ3) is 3.08. The highest BCUT2D eigenvalue weighted by molar-refractivity contribution is 9.10. The van der Waals surface area contributed by atoms with Gasteiger partial charge < -0.3 is 15.6 Å². The second-order valence-electron chi connectivity index (χ2n) is 4.05. The van der Waals surface area contributed by atoms with Crippen LogP contribution < -0.4 is 10.5 Å². The van der Waals surface area contributed by atoms with Crippen LogP contribution in [0, 0.1) is 5.82 Å². The first-order valence-corrected chi connectivity index (χ1v) is 6.47. The van der Waals surface area contributed by atoms with Crippen LogP contribution in [-0.2, 0) is 6.61 Å². The number of carbonyl (C=O) groups is 1. The Kier molecular flexibility index (Phi) is 4.24. The van der Waals surface area contributed by atoms with Gasteiger partial charge in [-0.15, -0.1) is 0 Å². The molecule has 4 nitrogen and oxygen atoms in total. The fraction of sp³-hybridized carbons (Fsp3) is 0.0714. The van der Waals surface area contributed by atoms with Crippen molar-refractivity contribution < 1.29 is 19.0 Å². The van der Waals surface area contributed by atoms with Crippen LogP contribution in [0.1, 0.15) is 15.9 Å². The maximum atomic E-state index is 13.0. The Morgan fingerprint density at radius 3 is 2.75 bits per heavy atom. The van der Waals surface area contributed by atoms with Crippen LogP contribution in [0.4, 0.5) is 10.1 Å². The zero-order chi connectivity index (χ0) is 14.7. The van der Waals surface area contributed by atoms with E-state index in [9.17, 15) is 9.18 Å². The normalized spacial score (nSPS) is 10.3. The first-order chi connectivity index (χ1) is 9.49. The number of nitrogen functional groups attached to an aromatic ring is 1. The summed E-state index contributed by atoms with van der Waals surface area (Å²) in [5.41, 5.74) is 6.30. The summed E-state index contributed by atoms with van der Waals surface area (Å²) in [5, 5.41) is 9.14. The molecule has 0 radical (unpaired) electrons. The first-order valence-electron chi connectivity index (χ1n) is 5.67. The van der Waals surface area contributed by atoms with Crippen LogP contribution in [-0.4, -0.2) is 11.1 Å². The highest BCUT2D eigenvalue weighted by Gasteiger charge is 2.14. The summed E-state index contributed by atoms with van der Waals surface area (Å²) >= 11 is 3.18. The maximum absolute atomic E-state index is 13.0. The minimum Gasteiger partial charge on any atom is -0.488 e. The van der Waals surface area contributed by atoms with Crippen molar-refractivity contribution in [1.82, 2.24) is 0 Å². The molecule has 0 unspecified atom stereocenters. The van der Waals surface area contributed by atoms with E-state index >= 15 is 0 Å². The number of halogens is 2. The minimum absolute atomic E-state index is 0.0192. The van der Waals surface area contributed by atoms with E-state index in [0.29, 0.717) is 15.8 Å². The monoisotopic (exact) mass is 339 g/mol. The van der Waals surface area contributed by atoms with Gasteiger partial charge in [-0.3, -0.25) is 0 Å². The molecule has 0 aliphatic carbocycles. The number of hydrogen-bond donors (Lipinski definition) is 2. The summed E-state index contributed by atoms with van der Waals surface area (Å²) < 4.78 is 18.9. The number of rotatable bonds is 4. The Hall–Kier alpha value is -2.08. The van der Waals surface area contributed by atoms with Gasteiger partial charge in [-0.05, 0) is 40.2 Å². The lowest BCUT2D eigenvalue weighted by molar-refractivity contribution is 0.0695. The van der Waals surface area contributed by atoms with Crippen LogP contribution >= 0.6 is 15.9 Å². The topological polar surface area (TPSA) is 72.5 Å². The molecule has 0 saturated heterocycles. The Labute approximate surface area is 123 Å². The standard InChI is InChI=1S/C14H11BrFNO3/c15-10-6-9(16)4-5-12(10)20-7-8-2-1-3-11(17)13(8)14(18)19/h1-6H,7,17H2,(H,18,19). The Bertz CT molecular complexity index is 661. The van der Waals surface area contributed by atoms with Crippen LogP contribution in [0.3, 0.4) is 0 Å². The molecule has 0 atom stereocenters. The zero-order valence-electron chi connectivity index (χ0n) is 10.3. The summed E-state index contributed by atoms with van der Waals surface area (Å²) in [6, 6.07) is 8.79. The maximum Gasteiger partial charge on any atom is 0.338 e. The second-order valence-corrected chi connectivity index (χ2v) is 4.90. The van der Waals surface area contributed by atoms with Gasteiger partial charge in [0, 0.05) is 11.3 Å². The van der Waals surface area contributed by atoms with E-state index in [4.69, 9.17) is 15.6 Å². The quantitative estimate of drug-likeness (QED) is 0.837. The number of nitrogens with two attached hydrogens (primary N) is 1. The Morgan fingerprint density at radius 1 is 1.35 bits per heavy atom. The molecule has 0 saturated carbocycles. The molecule has 0 heterocycles. The molecule has 0 fully saturated rings. The largest absolute Gasteiger partial charge is 0.488 e. The molecule has 6 heteroatoms. The lowest BCUT2D eigenvalue weighted by Gasteiger charge is -2.11. The summed E-state index contributed by atoms with van der Waals surface area (Å²) in [6.45, 7) is 0.0247. The summed E-state index contributed by atoms with van der Waals surface area (Å²) in [7, 11) is 0. The molecular weight excluding hydrogens is 329 g/mol. The molecular formula is C14H11BrFNO3. The Morgan fingerprint density at radius 2 is 2.10 bits per heavy atom.